The molecule has 26 heavy (non-hydrogen) atoms. The summed E-state index contributed by atoms with van der Waals surface area (Å²) in [4.78, 5) is 0. The van der Waals surface area contributed by atoms with Gasteiger partial charge in [0.1, 0.15) is 11.5 Å². The van der Waals surface area contributed by atoms with Crippen molar-refractivity contribution in [2.75, 3.05) is 19.5 Å². The van der Waals surface area contributed by atoms with Crippen LogP contribution in [0.15, 0.2) is 52.2 Å². The van der Waals surface area contributed by atoms with Crippen LogP contribution in [0.2, 0.25) is 0 Å². The van der Waals surface area contributed by atoms with Crippen LogP contribution in [0.1, 0.15) is 18.6 Å². The summed E-state index contributed by atoms with van der Waals surface area (Å²) in [6, 6.07) is 11.7. The Hall–Kier alpha value is -2.25. The van der Waals surface area contributed by atoms with E-state index in [0.29, 0.717) is 12.6 Å². The van der Waals surface area contributed by atoms with Crippen LogP contribution in [-0.2, 0) is 11.3 Å². The van der Waals surface area contributed by atoms with Crippen LogP contribution in [0.25, 0.3) is 11.4 Å². The number of ether oxygens (including phenoxy) is 2. The first kappa shape index (κ1) is 17.2. The molecule has 0 bridgehead atoms. The first-order chi connectivity index (χ1) is 12.8. The topological polar surface area (TPSA) is 62.3 Å². The smallest absolute Gasteiger partial charge is 0.192 e. The summed E-state index contributed by atoms with van der Waals surface area (Å²) in [7, 11) is 1.66. The molecule has 1 fully saturated rings. The van der Waals surface area contributed by atoms with Crippen LogP contribution < -0.4 is 4.74 Å². The Balaban J connectivity index is 1.63. The highest BCUT2D eigenvalue weighted by atomic mass is 32.2. The van der Waals surface area contributed by atoms with E-state index in [1.54, 1.807) is 25.1 Å². The van der Waals surface area contributed by atoms with Crippen molar-refractivity contribution < 1.29 is 13.9 Å². The summed E-state index contributed by atoms with van der Waals surface area (Å²) in [5.41, 5.74) is 0.965. The lowest BCUT2D eigenvalue weighted by molar-refractivity contribution is 0.129. The van der Waals surface area contributed by atoms with Gasteiger partial charge in [-0.05, 0) is 37.1 Å². The van der Waals surface area contributed by atoms with E-state index in [0.717, 1.165) is 53.3 Å². The maximum absolute atomic E-state index is 5.73. The van der Waals surface area contributed by atoms with Crippen molar-refractivity contribution in [1.82, 2.24) is 14.8 Å². The number of aromatic nitrogens is 3. The predicted molar refractivity (Wildman–Crippen MR) is 99.5 cm³/mol. The maximum atomic E-state index is 5.73. The quantitative estimate of drug-likeness (QED) is 0.588. The number of methoxy groups -OCH3 is 1. The molecular formula is C19H21N3O3S. The SMILES string of the molecule is COc1cccc(-c2nnc(SCC3CCCO3)n2Cc2ccco2)c1. The third-order valence-electron chi connectivity index (χ3n) is 4.36. The van der Waals surface area contributed by atoms with E-state index in [9.17, 15) is 0 Å². The van der Waals surface area contributed by atoms with Gasteiger partial charge in [-0.3, -0.25) is 4.57 Å². The fraction of sp³-hybridized carbons (Fsp3) is 0.368. The van der Waals surface area contributed by atoms with Gasteiger partial charge in [0.15, 0.2) is 11.0 Å². The number of rotatable bonds is 7. The molecule has 0 amide bonds. The van der Waals surface area contributed by atoms with E-state index in [-0.39, 0.29) is 0 Å². The zero-order chi connectivity index (χ0) is 17.8. The highest BCUT2D eigenvalue weighted by molar-refractivity contribution is 7.99. The minimum Gasteiger partial charge on any atom is -0.497 e. The van der Waals surface area contributed by atoms with Gasteiger partial charge < -0.3 is 13.9 Å². The van der Waals surface area contributed by atoms with Crippen molar-refractivity contribution in [2.24, 2.45) is 0 Å². The third kappa shape index (κ3) is 3.78. The standard InChI is InChI=1S/C19H21N3O3S/c1-23-15-6-2-5-14(11-15)18-20-21-19(26-13-17-8-4-10-25-17)22(18)12-16-7-3-9-24-16/h2-3,5-7,9,11,17H,4,8,10,12-13H2,1H3. The summed E-state index contributed by atoms with van der Waals surface area (Å²) in [6.07, 6.45) is 4.24. The van der Waals surface area contributed by atoms with Crippen molar-refractivity contribution in [3.8, 4) is 17.1 Å². The molecule has 2 aromatic heterocycles. The van der Waals surface area contributed by atoms with E-state index in [4.69, 9.17) is 13.9 Å². The summed E-state index contributed by atoms with van der Waals surface area (Å²) in [5, 5.41) is 9.74. The van der Waals surface area contributed by atoms with Crippen molar-refractivity contribution in [3.63, 3.8) is 0 Å². The monoisotopic (exact) mass is 371 g/mol. The molecule has 7 heteroatoms. The third-order valence-corrected chi connectivity index (χ3v) is 5.46. The highest BCUT2D eigenvalue weighted by Crippen LogP contribution is 2.29. The van der Waals surface area contributed by atoms with Gasteiger partial charge in [0.05, 0.1) is 26.0 Å². The summed E-state index contributed by atoms with van der Waals surface area (Å²) >= 11 is 1.68. The van der Waals surface area contributed by atoms with Gasteiger partial charge in [0.25, 0.3) is 0 Å². The fourth-order valence-corrected chi connectivity index (χ4v) is 4.02. The second-order valence-electron chi connectivity index (χ2n) is 6.15. The van der Waals surface area contributed by atoms with Gasteiger partial charge in [-0.2, -0.15) is 0 Å². The van der Waals surface area contributed by atoms with Crippen LogP contribution in [0.4, 0.5) is 0 Å². The Morgan fingerprint density at radius 1 is 1.27 bits per heavy atom. The van der Waals surface area contributed by atoms with Crippen LogP contribution in [0, 0.1) is 0 Å². The molecule has 1 aliphatic heterocycles. The Morgan fingerprint density at radius 3 is 3.00 bits per heavy atom. The number of benzene rings is 1. The predicted octanol–water partition coefficient (Wildman–Crippen LogP) is 3.87. The fourth-order valence-electron chi connectivity index (χ4n) is 3.02. The molecule has 6 nitrogen and oxygen atoms in total. The van der Waals surface area contributed by atoms with Gasteiger partial charge in [0, 0.05) is 17.9 Å². The first-order valence-corrected chi connectivity index (χ1v) is 9.66. The Bertz CT molecular complexity index is 842. The molecule has 0 aliphatic carbocycles. The second kappa shape index (κ2) is 7.97. The molecule has 3 heterocycles. The molecule has 3 aromatic rings. The largest absolute Gasteiger partial charge is 0.497 e. The van der Waals surface area contributed by atoms with Crippen LogP contribution in [0.3, 0.4) is 0 Å². The number of furan rings is 1. The Labute approximate surface area is 156 Å². The zero-order valence-electron chi connectivity index (χ0n) is 14.6. The molecule has 0 N–H and O–H groups in total. The molecule has 0 spiro atoms. The van der Waals surface area contributed by atoms with E-state index in [1.807, 2.05) is 36.4 Å². The zero-order valence-corrected chi connectivity index (χ0v) is 15.4. The molecule has 1 saturated heterocycles. The lowest BCUT2D eigenvalue weighted by Crippen LogP contribution is -2.10. The molecular weight excluding hydrogens is 350 g/mol. The number of thioether (sulfide) groups is 1. The minimum atomic E-state index is 0.300. The molecule has 0 radical (unpaired) electrons. The molecule has 1 atom stereocenters. The lowest BCUT2D eigenvalue weighted by atomic mass is 10.2. The van der Waals surface area contributed by atoms with Gasteiger partial charge in [0.2, 0.25) is 0 Å². The maximum Gasteiger partial charge on any atom is 0.192 e. The van der Waals surface area contributed by atoms with Crippen LogP contribution in [-0.4, -0.2) is 40.3 Å². The van der Waals surface area contributed by atoms with Crippen LogP contribution >= 0.6 is 11.8 Å². The van der Waals surface area contributed by atoms with E-state index in [2.05, 4.69) is 14.8 Å². The lowest BCUT2D eigenvalue weighted by Gasteiger charge is -2.11. The van der Waals surface area contributed by atoms with Gasteiger partial charge in [-0.15, -0.1) is 10.2 Å². The molecule has 1 unspecified atom stereocenters. The van der Waals surface area contributed by atoms with Crippen molar-refractivity contribution in [2.45, 2.75) is 30.6 Å². The van der Waals surface area contributed by atoms with E-state index >= 15 is 0 Å². The van der Waals surface area contributed by atoms with Crippen molar-refractivity contribution in [3.05, 3.63) is 48.4 Å². The summed E-state index contributed by atoms with van der Waals surface area (Å²) in [6.45, 7) is 1.44. The van der Waals surface area contributed by atoms with Crippen molar-refractivity contribution in [1.29, 1.82) is 0 Å². The molecule has 136 valence electrons. The van der Waals surface area contributed by atoms with Gasteiger partial charge in [-0.1, -0.05) is 23.9 Å². The number of hydrogen-bond donors (Lipinski definition) is 0. The summed E-state index contributed by atoms with van der Waals surface area (Å²) in [5.74, 6) is 3.35. The molecule has 0 saturated carbocycles. The molecule has 1 aliphatic rings. The normalized spacial score (nSPS) is 16.9. The Kier molecular flexibility index (Phi) is 5.26. The number of hydrogen-bond acceptors (Lipinski definition) is 6. The number of nitrogens with zero attached hydrogens (tertiary/aromatic N) is 3. The first-order valence-electron chi connectivity index (χ1n) is 8.68. The van der Waals surface area contributed by atoms with Gasteiger partial charge >= 0.3 is 0 Å². The van der Waals surface area contributed by atoms with Crippen molar-refractivity contribution >= 4 is 11.8 Å². The summed E-state index contributed by atoms with van der Waals surface area (Å²) < 4.78 is 18.7. The average molecular weight is 371 g/mol. The van der Waals surface area contributed by atoms with E-state index < -0.39 is 0 Å². The van der Waals surface area contributed by atoms with Gasteiger partial charge in [-0.25, -0.2) is 0 Å². The van der Waals surface area contributed by atoms with E-state index in [1.165, 1.54) is 0 Å². The minimum absolute atomic E-state index is 0.300. The molecule has 1 aromatic carbocycles. The second-order valence-corrected chi connectivity index (χ2v) is 7.14. The average Bonchev–Trinajstić information content (AvgIpc) is 3.43. The molecule has 4 rings (SSSR count). The van der Waals surface area contributed by atoms with Crippen LogP contribution in [0.5, 0.6) is 5.75 Å². The highest BCUT2D eigenvalue weighted by Gasteiger charge is 2.20. The Morgan fingerprint density at radius 2 is 2.23 bits per heavy atom.